The zero-order chi connectivity index (χ0) is 7.78. The summed E-state index contributed by atoms with van der Waals surface area (Å²) < 4.78 is 0. The average Bonchev–Trinajstić information content (AvgIpc) is 2.11. The van der Waals surface area contributed by atoms with E-state index < -0.39 is 5.91 Å². The van der Waals surface area contributed by atoms with Crippen LogP contribution >= 0.6 is 0 Å². The zero-order valence-corrected chi connectivity index (χ0v) is 6.12. The van der Waals surface area contributed by atoms with Crippen molar-refractivity contribution in [2.45, 2.75) is 24.8 Å². The Labute approximate surface area is 60.2 Å². The van der Waals surface area contributed by atoms with E-state index in [0.29, 0.717) is 0 Å². The number of likely N-dealkylation sites (tertiary alicyclic amines) is 1. The van der Waals surface area contributed by atoms with Gasteiger partial charge in [0.1, 0.15) is 0 Å². The topological polar surface area (TPSA) is 69.7 Å². The molecule has 0 aliphatic carbocycles. The number of nitrogens with two attached hydrogens (primary N) is 1. The number of aliphatic hydroxyl groups is 2. The van der Waals surface area contributed by atoms with E-state index in [2.05, 4.69) is 0 Å². The molecule has 4 nitrogen and oxygen atoms in total. The SMILES string of the molecule is CN1CCCC1C(N)(O)O. The Balaban J connectivity index is 2.55. The minimum atomic E-state index is -2.02. The molecule has 1 fully saturated rings. The van der Waals surface area contributed by atoms with E-state index in [4.69, 9.17) is 15.9 Å². The molecule has 4 N–H and O–H groups in total. The summed E-state index contributed by atoms with van der Waals surface area (Å²) in [5.74, 6) is -2.02. The van der Waals surface area contributed by atoms with Crippen molar-refractivity contribution in [3.8, 4) is 0 Å². The minimum Gasteiger partial charge on any atom is -0.352 e. The molecule has 60 valence electrons. The summed E-state index contributed by atoms with van der Waals surface area (Å²) in [6, 6.07) is -0.299. The maximum atomic E-state index is 8.98. The fraction of sp³-hybridized carbons (Fsp3) is 1.00. The summed E-state index contributed by atoms with van der Waals surface area (Å²) in [6.45, 7) is 0.894. The summed E-state index contributed by atoms with van der Waals surface area (Å²) >= 11 is 0. The molecule has 0 aromatic carbocycles. The van der Waals surface area contributed by atoms with Gasteiger partial charge in [-0.15, -0.1) is 0 Å². The molecule has 1 atom stereocenters. The van der Waals surface area contributed by atoms with Crippen LogP contribution < -0.4 is 5.73 Å². The highest BCUT2D eigenvalue weighted by Crippen LogP contribution is 2.20. The molecule has 0 aromatic heterocycles. The quantitative estimate of drug-likeness (QED) is 0.401. The number of nitrogens with zero attached hydrogens (tertiary/aromatic N) is 1. The summed E-state index contributed by atoms with van der Waals surface area (Å²) in [7, 11) is 1.84. The predicted octanol–water partition coefficient (Wildman–Crippen LogP) is -1.32. The number of rotatable bonds is 1. The molecule has 1 rings (SSSR count). The first-order valence-electron chi connectivity index (χ1n) is 3.45. The lowest BCUT2D eigenvalue weighted by Crippen LogP contribution is -2.55. The molecule has 0 bridgehead atoms. The van der Waals surface area contributed by atoms with Crippen LogP contribution in [-0.4, -0.2) is 40.7 Å². The fourth-order valence-corrected chi connectivity index (χ4v) is 1.45. The number of hydrogen-bond donors (Lipinski definition) is 3. The Morgan fingerprint density at radius 1 is 1.60 bits per heavy atom. The first-order valence-corrected chi connectivity index (χ1v) is 3.45. The van der Waals surface area contributed by atoms with E-state index in [0.717, 1.165) is 19.4 Å². The molecular weight excluding hydrogens is 132 g/mol. The van der Waals surface area contributed by atoms with Crippen molar-refractivity contribution in [3.63, 3.8) is 0 Å². The van der Waals surface area contributed by atoms with Crippen molar-refractivity contribution in [2.24, 2.45) is 5.73 Å². The Hall–Kier alpha value is -0.160. The van der Waals surface area contributed by atoms with Crippen LogP contribution in [0, 0.1) is 0 Å². The van der Waals surface area contributed by atoms with Crippen LogP contribution in [0.25, 0.3) is 0 Å². The van der Waals surface area contributed by atoms with Gasteiger partial charge in [-0.05, 0) is 26.4 Å². The third-order valence-corrected chi connectivity index (χ3v) is 2.01. The highest BCUT2D eigenvalue weighted by molar-refractivity contribution is 4.83. The van der Waals surface area contributed by atoms with Crippen molar-refractivity contribution < 1.29 is 10.2 Å². The standard InChI is InChI=1S/C6H14N2O2/c1-8-4-2-3-5(8)6(7,9)10/h5,9-10H,2-4,7H2,1H3. The monoisotopic (exact) mass is 146 g/mol. The van der Waals surface area contributed by atoms with Crippen LogP contribution in [-0.2, 0) is 0 Å². The molecule has 0 saturated carbocycles. The van der Waals surface area contributed by atoms with Gasteiger partial charge in [-0.25, -0.2) is 0 Å². The van der Waals surface area contributed by atoms with Gasteiger partial charge in [0.25, 0.3) is 0 Å². The normalized spacial score (nSPS) is 29.4. The predicted molar refractivity (Wildman–Crippen MR) is 37.0 cm³/mol. The van der Waals surface area contributed by atoms with Gasteiger partial charge >= 0.3 is 0 Å². The van der Waals surface area contributed by atoms with Crippen molar-refractivity contribution in [2.75, 3.05) is 13.6 Å². The molecule has 10 heavy (non-hydrogen) atoms. The number of hydrogen-bond acceptors (Lipinski definition) is 4. The van der Waals surface area contributed by atoms with Crippen molar-refractivity contribution in [1.82, 2.24) is 4.90 Å². The first-order chi connectivity index (χ1) is 4.52. The third kappa shape index (κ3) is 1.46. The minimum absolute atomic E-state index is 0.299. The van der Waals surface area contributed by atoms with Crippen molar-refractivity contribution in [1.29, 1.82) is 0 Å². The van der Waals surface area contributed by atoms with Crippen LogP contribution in [0.4, 0.5) is 0 Å². The third-order valence-electron chi connectivity index (χ3n) is 2.01. The highest BCUT2D eigenvalue weighted by Gasteiger charge is 2.36. The molecule has 0 amide bonds. The second kappa shape index (κ2) is 2.47. The fourth-order valence-electron chi connectivity index (χ4n) is 1.45. The second-order valence-corrected chi connectivity index (χ2v) is 2.92. The van der Waals surface area contributed by atoms with Gasteiger partial charge in [0.05, 0.1) is 6.04 Å². The Morgan fingerprint density at radius 2 is 2.20 bits per heavy atom. The van der Waals surface area contributed by atoms with Gasteiger partial charge in [-0.3, -0.25) is 10.6 Å². The second-order valence-electron chi connectivity index (χ2n) is 2.92. The molecule has 1 aliphatic rings. The zero-order valence-electron chi connectivity index (χ0n) is 6.12. The Kier molecular flexibility index (Phi) is 1.96. The maximum Gasteiger partial charge on any atom is 0.236 e. The van der Waals surface area contributed by atoms with E-state index in [1.807, 2.05) is 11.9 Å². The molecule has 1 unspecified atom stereocenters. The first kappa shape index (κ1) is 7.94. The summed E-state index contributed by atoms with van der Waals surface area (Å²) in [6.07, 6.45) is 1.75. The smallest absolute Gasteiger partial charge is 0.236 e. The van der Waals surface area contributed by atoms with Crippen molar-refractivity contribution in [3.05, 3.63) is 0 Å². The maximum absolute atomic E-state index is 8.98. The number of likely N-dealkylation sites (N-methyl/N-ethyl adjacent to an activating group) is 1. The van der Waals surface area contributed by atoms with Crippen LogP contribution in [0.2, 0.25) is 0 Å². The van der Waals surface area contributed by atoms with Crippen LogP contribution in [0.15, 0.2) is 0 Å². The van der Waals surface area contributed by atoms with Crippen molar-refractivity contribution >= 4 is 0 Å². The van der Waals surface area contributed by atoms with Gasteiger partial charge in [0, 0.05) is 0 Å². The Morgan fingerprint density at radius 3 is 2.40 bits per heavy atom. The van der Waals surface area contributed by atoms with Crippen LogP contribution in [0.3, 0.4) is 0 Å². The molecule has 1 aliphatic heterocycles. The van der Waals surface area contributed by atoms with E-state index in [1.54, 1.807) is 0 Å². The summed E-state index contributed by atoms with van der Waals surface area (Å²) in [4.78, 5) is 1.86. The van der Waals surface area contributed by atoms with Gasteiger partial charge in [-0.1, -0.05) is 0 Å². The molecular formula is C6H14N2O2. The lowest BCUT2D eigenvalue weighted by Gasteiger charge is -2.28. The summed E-state index contributed by atoms with van der Waals surface area (Å²) in [5.41, 5.74) is 5.10. The van der Waals surface area contributed by atoms with Gasteiger partial charge in [0.2, 0.25) is 5.91 Å². The Bertz CT molecular complexity index is 121. The van der Waals surface area contributed by atoms with E-state index >= 15 is 0 Å². The molecule has 0 radical (unpaired) electrons. The molecule has 1 heterocycles. The molecule has 0 spiro atoms. The van der Waals surface area contributed by atoms with Gasteiger partial charge < -0.3 is 10.2 Å². The van der Waals surface area contributed by atoms with Gasteiger partial charge in [0.15, 0.2) is 0 Å². The molecule has 1 saturated heterocycles. The lowest BCUT2D eigenvalue weighted by atomic mass is 10.1. The van der Waals surface area contributed by atoms with Gasteiger partial charge in [-0.2, -0.15) is 0 Å². The van der Waals surface area contributed by atoms with E-state index in [-0.39, 0.29) is 6.04 Å². The highest BCUT2D eigenvalue weighted by atomic mass is 16.5. The average molecular weight is 146 g/mol. The van der Waals surface area contributed by atoms with E-state index in [1.165, 1.54) is 0 Å². The molecule has 4 heteroatoms. The lowest BCUT2D eigenvalue weighted by molar-refractivity contribution is -0.193. The van der Waals surface area contributed by atoms with Crippen LogP contribution in [0.1, 0.15) is 12.8 Å². The van der Waals surface area contributed by atoms with E-state index in [9.17, 15) is 0 Å². The van der Waals surface area contributed by atoms with Crippen LogP contribution in [0.5, 0.6) is 0 Å². The molecule has 0 aromatic rings. The summed E-state index contributed by atoms with van der Waals surface area (Å²) in [5, 5.41) is 18.0. The largest absolute Gasteiger partial charge is 0.352 e.